The van der Waals surface area contributed by atoms with Crippen LogP contribution in [0.15, 0.2) is 121 Å². The first-order valence-electron chi connectivity index (χ1n) is 14.8. The third-order valence-electron chi connectivity index (χ3n) is 9.31. The molecule has 1 aliphatic heterocycles. The van der Waals surface area contributed by atoms with E-state index in [4.69, 9.17) is 4.74 Å². The van der Waals surface area contributed by atoms with Gasteiger partial charge < -0.3 is 4.74 Å². The molecule has 8 rings (SSSR count). The van der Waals surface area contributed by atoms with Gasteiger partial charge in [0, 0.05) is 22.1 Å². The summed E-state index contributed by atoms with van der Waals surface area (Å²) in [5, 5.41) is 0. The molecule has 1 nitrogen and oxygen atoms in total. The van der Waals surface area contributed by atoms with Gasteiger partial charge in [0.05, 0.1) is 0 Å². The molecule has 6 aromatic carbocycles. The third-order valence-corrected chi connectivity index (χ3v) is 9.31. The van der Waals surface area contributed by atoms with E-state index in [2.05, 4.69) is 149 Å². The topological polar surface area (TPSA) is 9.23 Å². The monoisotopic (exact) mass is 540 g/mol. The van der Waals surface area contributed by atoms with Gasteiger partial charge in [0.15, 0.2) is 0 Å². The van der Waals surface area contributed by atoms with Crippen molar-refractivity contribution in [3.8, 4) is 67.1 Å². The van der Waals surface area contributed by atoms with Gasteiger partial charge in [-0.05, 0) is 87.2 Å². The molecule has 202 valence electrons. The molecule has 0 amide bonds. The molecular weight excluding hydrogens is 508 g/mol. The molecule has 0 N–H and O–H groups in total. The van der Waals surface area contributed by atoms with E-state index in [-0.39, 0.29) is 5.41 Å². The Balaban J connectivity index is 1.41. The summed E-state index contributed by atoms with van der Waals surface area (Å²) in [6.45, 7) is 8.96. The average molecular weight is 541 g/mol. The van der Waals surface area contributed by atoms with Gasteiger partial charge >= 0.3 is 0 Å². The Hall–Kier alpha value is -4.88. The number of ether oxygens (including phenoxy) is 1. The van der Waals surface area contributed by atoms with Gasteiger partial charge in [-0.15, -0.1) is 0 Å². The van der Waals surface area contributed by atoms with Gasteiger partial charge in [0.25, 0.3) is 0 Å². The van der Waals surface area contributed by atoms with E-state index >= 15 is 0 Å². The highest BCUT2D eigenvalue weighted by Gasteiger charge is 2.36. The summed E-state index contributed by atoms with van der Waals surface area (Å²) in [5.41, 5.74) is 17.1. The van der Waals surface area contributed by atoms with Crippen LogP contribution in [0.5, 0.6) is 11.5 Å². The van der Waals surface area contributed by atoms with Crippen molar-refractivity contribution >= 4 is 0 Å². The molecule has 0 saturated heterocycles. The van der Waals surface area contributed by atoms with Crippen LogP contribution in [-0.2, 0) is 5.41 Å². The molecule has 0 spiro atoms. The van der Waals surface area contributed by atoms with Crippen molar-refractivity contribution in [2.45, 2.75) is 33.1 Å². The summed E-state index contributed by atoms with van der Waals surface area (Å²) in [5.74, 6) is 1.93. The van der Waals surface area contributed by atoms with E-state index in [1.807, 2.05) is 0 Å². The van der Waals surface area contributed by atoms with E-state index in [9.17, 15) is 0 Å². The summed E-state index contributed by atoms with van der Waals surface area (Å²) in [6.07, 6.45) is 0. The Labute approximate surface area is 248 Å². The van der Waals surface area contributed by atoms with Gasteiger partial charge in [-0.2, -0.15) is 0 Å². The van der Waals surface area contributed by atoms with E-state index in [0.717, 1.165) is 11.5 Å². The van der Waals surface area contributed by atoms with Gasteiger partial charge in [0.1, 0.15) is 11.5 Å². The summed E-state index contributed by atoms with van der Waals surface area (Å²) in [4.78, 5) is 0. The van der Waals surface area contributed by atoms with Crippen molar-refractivity contribution in [1.29, 1.82) is 0 Å². The molecule has 0 atom stereocenters. The summed E-state index contributed by atoms with van der Waals surface area (Å²) < 4.78 is 6.82. The summed E-state index contributed by atoms with van der Waals surface area (Å²) in [7, 11) is 0. The quantitative estimate of drug-likeness (QED) is 0.201. The van der Waals surface area contributed by atoms with Gasteiger partial charge in [-0.25, -0.2) is 0 Å². The van der Waals surface area contributed by atoms with Crippen LogP contribution in [0.3, 0.4) is 0 Å². The van der Waals surface area contributed by atoms with Crippen LogP contribution < -0.4 is 4.74 Å². The lowest BCUT2D eigenvalue weighted by molar-refractivity contribution is 0.419. The Morgan fingerprint density at radius 1 is 0.476 bits per heavy atom. The van der Waals surface area contributed by atoms with Crippen molar-refractivity contribution in [3.05, 3.63) is 144 Å². The molecule has 42 heavy (non-hydrogen) atoms. The van der Waals surface area contributed by atoms with Crippen LogP contribution in [0.4, 0.5) is 0 Å². The van der Waals surface area contributed by atoms with Gasteiger partial charge in [0.2, 0.25) is 0 Å². The minimum absolute atomic E-state index is 0.169. The highest BCUT2D eigenvalue weighted by atomic mass is 16.5. The first-order chi connectivity index (χ1) is 20.4. The fraction of sp³-hybridized carbons (Fsp3) is 0.122. The predicted molar refractivity (Wildman–Crippen MR) is 175 cm³/mol. The zero-order chi connectivity index (χ0) is 28.6. The molecule has 0 unspecified atom stereocenters. The smallest absolute Gasteiger partial charge is 0.139 e. The van der Waals surface area contributed by atoms with Crippen LogP contribution in [0.25, 0.3) is 55.6 Å². The number of benzene rings is 6. The largest absolute Gasteiger partial charge is 0.456 e. The lowest BCUT2D eigenvalue weighted by Crippen LogP contribution is -2.25. The van der Waals surface area contributed by atoms with Crippen LogP contribution in [0, 0.1) is 13.8 Å². The maximum absolute atomic E-state index is 6.82. The van der Waals surface area contributed by atoms with Crippen molar-refractivity contribution in [3.63, 3.8) is 0 Å². The standard InChI is InChI=1S/C41H32O/c1-25-17-21-36-38(23-25)42-40-37(41(36,3)4)22-18-26(2)39(40)27-19-20-34-32-15-8-7-13-30(32)28-11-5-6-12-29(28)31-14-9-10-16-33(31)35(34)24-27/h5-24H,1-4H3. The maximum atomic E-state index is 6.82. The molecular formula is C41H32O. The van der Waals surface area contributed by atoms with Crippen molar-refractivity contribution in [2.75, 3.05) is 0 Å². The number of rotatable bonds is 1. The van der Waals surface area contributed by atoms with E-state index < -0.39 is 0 Å². The molecule has 1 heteroatoms. The Morgan fingerprint density at radius 3 is 1.55 bits per heavy atom. The Bertz CT molecular complexity index is 2050. The SMILES string of the molecule is Cc1ccc2c(c1)Oc1c(ccc(C)c1-c1ccc3c(c1)-c1ccccc1-c1ccccc1-c1ccccc1-3)C2(C)C. The number of fused-ring (bicyclic) bond motifs is 10. The minimum Gasteiger partial charge on any atom is -0.456 e. The number of aryl methyl sites for hydroxylation is 2. The highest BCUT2D eigenvalue weighted by molar-refractivity contribution is 6.04. The second-order valence-electron chi connectivity index (χ2n) is 12.3. The molecule has 2 aliphatic rings. The second-order valence-corrected chi connectivity index (χ2v) is 12.3. The molecule has 1 aliphatic carbocycles. The first kappa shape index (κ1) is 24.9. The lowest BCUT2D eigenvalue weighted by Gasteiger charge is -2.36. The van der Waals surface area contributed by atoms with Gasteiger partial charge in [-0.1, -0.05) is 123 Å². The van der Waals surface area contributed by atoms with Crippen LogP contribution in [0.1, 0.15) is 36.1 Å². The molecule has 0 aromatic heterocycles. The third kappa shape index (κ3) is 3.56. The fourth-order valence-electron chi connectivity index (χ4n) is 7.14. The van der Waals surface area contributed by atoms with Crippen LogP contribution in [0.2, 0.25) is 0 Å². The maximum Gasteiger partial charge on any atom is 0.139 e. The molecule has 0 fully saturated rings. The average Bonchev–Trinajstić information content (AvgIpc) is 3.00. The fourth-order valence-corrected chi connectivity index (χ4v) is 7.14. The molecule has 6 aromatic rings. The van der Waals surface area contributed by atoms with Crippen molar-refractivity contribution < 1.29 is 4.74 Å². The van der Waals surface area contributed by atoms with Crippen LogP contribution in [-0.4, -0.2) is 0 Å². The van der Waals surface area contributed by atoms with E-state index in [1.54, 1.807) is 0 Å². The molecule has 0 saturated carbocycles. The number of hydrogen-bond acceptors (Lipinski definition) is 1. The minimum atomic E-state index is -0.169. The van der Waals surface area contributed by atoms with E-state index in [0.29, 0.717) is 0 Å². The zero-order valence-electron chi connectivity index (χ0n) is 24.5. The highest BCUT2D eigenvalue weighted by Crippen LogP contribution is 2.54. The Morgan fingerprint density at radius 2 is 0.976 bits per heavy atom. The van der Waals surface area contributed by atoms with Crippen LogP contribution >= 0.6 is 0 Å². The first-order valence-corrected chi connectivity index (χ1v) is 14.8. The summed E-state index contributed by atoms with van der Waals surface area (Å²) >= 11 is 0. The van der Waals surface area contributed by atoms with Crippen molar-refractivity contribution in [1.82, 2.24) is 0 Å². The molecule has 1 heterocycles. The summed E-state index contributed by atoms with van der Waals surface area (Å²) in [6, 6.07) is 44.6. The predicted octanol–water partition coefficient (Wildman–Crippen LogP) is 11.4. The Kier molecular flexibility index (Phi) is 5.37. The van der Waals surface area contributed by atoms with Crippen molar-refractivity contribution in [2.24, 2.45) is 0 Å². The zero-order valence-corrected chi connectivity index (χ0v) is 24.5. The molecule has 0 bridgehead atoms. The second kappa shape index (κ2) is 9.06. The lowest BCUT2D eigenvalue weighted by atomic mass is 9.74. The number of hydrogen-bond donors (Lipinski definition) is 0. The van der Waals surface area contributed by atoms with Gasteiger partial charge in [-0.3, -0.25) is 0 Å². The van der Waals surface area contributed by atoms with E-state index in [1.165, 1.54) is 77.9 Å². The normalized spacial score (nSPS) is 13.6. The molecule has 0 radical (unpaired) electrons.